The summed E-state index contributed by atoms with van der Waals surface area (Å²) in [5, 5.41) is 31.4. The van der Waals surface area contributed by atoms with Crippen molar-refractivity contribution < 1.29 is 39.0 Å². The van der Waals surface area contributed by atoms with Crippen LogP contribution in [0, 0.1) is 17.3 Å². The van der Waals surface area contributed by atoms with Crippen LogP contribution in [0.5, 0.6) is 0 Å². The van der Waals surface area contributed by atoms with Gasteiger partial charge in [0.25, 0.3) is 11.8 Å². The van der Waals surface area contributed by atoms with E-state index in [2.05, 4.69) is 100 Å². The van der Waals surface area contributed by atoms with Crippen LogP contribution in [-0.4, -0.2) is 102 Å². The van der Waals surface area contributed by atoms with Gasteiger partial charge in [-0.15, -0.1) is 0 Å². The Balaban J connectivity index is 1.26. The van der Waals surface area contributed by atoms with Crippen molar-refractivity contribution >= 4 is 35.8 Å². The van der Waals surface area contributed by atoms with Gasteiger partial charge in [-0.1, -0.05) is 102 Å². The summed E-state index contributed by atoms with van der Waals surface area (Å²) in [6.07, 6.45) is 2.17. The SMILES string of the molecule is CCC1(C)CC2(NC(=O)N(CCC(CCCC(=O)[O-])(CCN3C(=O)NC4(CC(C)(CC)N(Cc5ccccc5)C(C)(CC)C4C)C3=O)C(=O)[O-])C2=O)C(C)C(C)(CC)N1Cc1ccccc1. The van der Waals surface area contributed by atoms with Crippen molar-refractivity contribution in [2.45, 2.75) is 186 Å². The molecule has 4 saturated heterocycles. The lowest BCUT2D eigenvalue weighted by molar-refractivity contribution is -0.321. The number of carboxylic acid groups (broad SMARTS) is 2. The third-order valence-corrected chi connectivity index (χ3v) is 18.0. The number of nitrogens with zero attached hydrogens (tertiary/aromatic N) is 4. The molecule has 0 aliphatic carbocycles. The Morgan fingerprint density at radius 1 is 0.621 bits per heavy atom. The first kappa shape index (κ1) is 50.6. The van der Waals surface area contributed by atoms with E-state index in [4.69, 9.17) is 0 Å². The van der Waals surface area contributed by atoms with Crippen LogP contribution in [-0.2, 0) is 32.3 Å². The number of nitrogens with one attached hydrogen (secondary N) is 2. The van der Waals surface area contributed by atoms with Crippen molar-refractivity contribution in [3.05, 3.63) is 71.8 Å². The molecular weight excluding hydrogens is 837 g/mol. The summed E-state index contributed by atoms with van der Waals surface area (Å²) in [5.41, 5.74) is -4.17. The van der Waals surface area contributed by atoms with Crippen LogP contribution in [0.3, 0.4) is 0 Å². The normalized spacial score (nSPS) is 33.7. The van der Waals surface area contributed by atoms with Gasteiger partial charge in [-0.25, -0.2) is 9.59 Å². The molecule has 6 rings (SSSR count). The first-order valence-electron chi connectivity index (χ1n) is 24.3. The highest BCUT2D eigenvalue weighted by Gasteiger charge is 2.68. The molecule has 4 heterocycles. The van der Waals surface area contributed by atoms with Crippen LogP contribution < -0.4 is 20.8 Å². The summed E-state index contributed by atoms with van der Waals surface area (Å²) in [6.45, 7) is 21.7. The summed E-state index contributed by atoms with van der Waals surface area (Å²) in [6, 6.07) is 19.1. The molecule has 4 fully saturated rings. The van der Waals surface area contributed by atoms with Crippen molar-refractivity contribution in [2.75, 3.05) is 13.1 Å². The number of piperidine rings is 2. The Bertz CT molecular complexity index is 2030. The van der Waals surface area contributed by atoms with Crippen molar-refractivity contribution in [1.82, 2.24) is 30.2 Å². The van der Waals surface area contributed by atoms with E-state index in [1.807, 2.05) is 50.2 Å². The number of likely N-dealkylation sites (tertiary alicyclic amines) is 2. The van der Waals surface area contributed by atoms with Crippen LogP contribution in [0.4, 0.5) is 9.59 Å². The van der Waals surface area contributed by atoms with Crippen LogP contribution in [0.1, 0.15) is 151 Å². The van der Waals surface area contributed by atoms with E-state index < -0.39 is 80.9 Å². The van der Waals surface area contributed by atoms with E-state index in [-0.39, 0.29) is 50.6 Å². The smallest absolute Gasteiger partial charge is 0.325 e. The second-order valence-corrected chi connectivity index (χ2v) is 21.1. The highest BCUT2D eigenvalue weighted by atomic mass is 16.4. The molecule has 0 saturated carbocycles. The Hall–Kier alpha value is -4.82. The predicted molar refractivity (Wildman–Crippen MR) is 248 cm³/mol. The lowest BCUT2D eigenvalue weighted by atomic mass is 9.59. The van der Waals surface area contributed by atoms with Crippen LogP contribution in [0.2, 0.25) is 0 Å². The number of rotatable bonds is 19. The Morgan fingerprint density at radius 2 is 1.00 bits per heavy atom. The second kappa shape index (κ2) is 18.7. The van der Waals surface area contributed by atoms with E-state index >= 15 is 0 Å². The highest BCUT2D eigenvalue weighted by molar-refractivity contribution is 6.08. The molecule has 14 nitrogen and oxygen atoms in total. The molecule has 6 amide bonds. The summed E-state index contributed by atoms with van der Waals surface area (Å²) in [7, 11) is 0. The molecule has 0 aromatic heterocycles. The number of carboxylic acids is 2. The number of carbonyl (C=O) groups excluding carboxylic acids is 6. The highest BCUT2D eigenvalue weighted by Crippen LogP contribution is 2.55. The van der Waals surface area contributed by atoms with Crippen LogP contribution >= 0.6 is 0 Å². The summed E-state index contributed by atoms with van der Waals surface area (Å²) < 4.78 is 0. The summed E-state index contributed by atoms with van der Waals surface area (Å²) in [5.74, 6) is -4.42. The number of benzene rings is 2. The minimum atomic E-state index is -1.82. The van der Waals surface area contributed by atoms with Crippen molar-refractivity contribution in [1.29, 1.82) is 0 Å². The topological polar surface area (TPSA) is 186 Å². The lowest BCUT2D eigenvalue weighted by Gasteiger charge is -2.63. The van der Waals surface area contributed by atoms with Gasteiger partial charge in [0.15, 0.2) is 0 Å². The van der Waals surface area contributed by atoms with Gasteiger partial charge in [-0.05, 0) is 109 Å². The van der Waals surface area contributed by atoms with Crippen molar-refractivity contribution in [2.24, 2.45) is 17.3 Å². The van der Waals surface area contributed by atoms with E-state index in [0.29, 0.717) is 51.6 Å². The average molecular weight is 911 g/mol. The number of hydrogen-bond donors (Lipinski definition) is 2. The van der Waals surface area contributed by atoms with Gasteiger partial charge in [0.05, 0.1) is 0 Å². The lowest BCUT2D eigenvalue weighted by Crippen LogP contribution is -2.75. The number of amides is 6. The fourth-order valence-electron chi connectivity index (χ4n) is 12.8. The molecule has 14 heteroatoms. The maximum absolute atomic E-state index is 15.0. The molecule has 2 aromatic rings. The van der Waals surface area contributed by atoms with Crippen molar-refractivity contribution in [3.8, 4) is 0 Å². The first-order chi connectivity index (χ1) is 31.0. The fraction of sp³-hybridized carbons (Fsp3) is 0.654. The Morgan fingerprint density at radius 3 is 1.32 bits per heavy atom. The third kappa shape index (κ3) is 8.43. The molecule has 4 aliphatic heterocycles. The molecule has 66 heavy (non-hydrogen) atoms. The summed E-state index contributed by atoms with van der Waals surface area (Å²) in [4.78, 5) is 90.5. The molecule has 2 aromatic carbocycles. The summed E-state index contributed by atoms with van der Waals surface area (Å²) >= 11 is 0. The van der Waals surface area contributed by atoms with Gasteiger partial charge in [0.1, 0.15) is 11.1 Å². The Labute approximate surface area is 392 Å². The largest absolute Gasteiger partial charge is 0.550 e. The molecule has 8 atom stereocenters. The molecule has 2 spiro atoms. The molecule has 0 radical (unpaired) electrons. The third-order valence-electron chi connectivity index (χ3n) is 18.0. The minimum Gasteiger partial charge on any atom is -0.550 e. The fourth-order valence-corrected chi connectivity index (χ4v) is 12.8. The molecule has 362 valence electrons. The second-order valence-electron chi connectivity index (χ2n) is 21.1. The maximum atomic E-state index is 15.0. The zero-order chi connectivity index (χ0) is 48.7. The maximum Gasteiger partial charge on any atom is 0.325 e. The first-order valence-corrected chi connectivity index (χ1v) is 24.3. The zero-order valence-corrected chi connectivity index (χ0v) is 41.1. The van der Waals surface area contributed by atoms with E-state index in [9.17, 15) is 39.0 Å². The van der Waals surface area contributed by atoms with Gasteiger partial charge in [-0.3, -0.25) is 29.2 Å². The molecule has 8 unspecified atom stereocenters. The van der Waals surface area contributed by atoms with Crippen LogP contribution in [0.15, 0.2) is 60.7 Å². The van der Waals surface area contributed by atoms with E-state index in [1.165, 1.54) is 0 Å². The molecule has 0 bridgehead atoms. The van der Waals surface area contributed by atoms with Crippen LogP contribution in [0.25, 0.3) is 0 Å². The Kier molecular flexibility index (Phi) is 14.3. The van der Waals surface area contributed by atoms with Gasteiger partial charge in [0.2, 0.25) is 0 Å². The number of urea groups is 2. The van der Waals surface area contributed by atoms with Gasteiger partial charge < -0.3 is 30.4 Å². The number of imide groups is 2. The average Bonchev–Trinajstić information content (AvgIpc) is 3.68. The minimum absolute atomic E-state index is 0.0968. The van der Waals surface area contributed by atoms with Gasteiger partial charge >= 0.3 is 12.1 Å². The molecule has 4 aliphatic rings. The van der Waals surface area contributed by atoms with Crippen molar-refractivity contribution in [3.63, 3.8) is 0 Å². The zero-order valence-electron chi connectivity index (χ0n) is 41.1. The van der Waals surface area contributed by atoms with Gasteiger partial charge in [-0.2, -0.15) is 0 Å². The number of carbonyl (C=O) groups is 6. The number of aliphatic carboxylic acids is 2. The molecule has 2 N–H and O–H groups in total. The van der Waals surface area contributed by atoms with E-state index in [1.54, 1.807) is 0 Å². The monoisotopic (exact) mass is 911 g/mol. The standard InChI is InChI=1S/C52H76N6O8/c1-11-46(7)34-51(36(5)48(9,13-3)57(46)32-38-22-17-15-18-23-38)41(61)55(44(65)53-51)30-28-50(43(63)64,27-21-26-40(59)60)29-31-56-42(62)52(54-45(56)66)35-47(8,12-2)58(49(10,14-4)37(52)6)33-39-24-19-16-20-25-39/h15-20,22-25,36-37H,11-14,21,26-35H2,1-10H3,(H,53,65)(H,54,66)(H,59,60)(H,63,64)/p-2. The van der Waals surface area contributed by atoms with E-state index in [0.717, 1.165) is 20.9 Å². The van der Waals surface area contributed by atoms with Gasteiger partial charge in [0, 0.05) is 77.5 Å². The quantitative estimate of drug-likeness (QED) is 0.164. The number of hydrogen-bond acceptors (Lipinski definition) is 10. The molecular formula is C52H74N6O8-2. The predicted octanol–water partition coefficient (Wildman–Crippen LogP) is 5.76.